The second kappa shape index (κ2) is 6.63. The number of hydrogen-bond donors (Lipinski definition) is 2. The predicted octanol–water partition coefficient (Wildman–Crippen LogP) is 3.41. The Balaban J connectivity index is 2.02. The fourth-order valence-corrected chi connectivity index (χ4v) is 2.48. The standard InChI is InChI=1S/C16H18BrN3O/c1-11-4-3-5-13(8-11)19-16(21)10-20(2)15-7-6-12(17)9-14(15)18/h3-9H,10,18H2,1-2H3,(H,19,21). The first-order chi connectivity index (χ1) is 9.95. The molecule has 5 heteroatoms. The van der Waals surface area contributed by atoms with Crippen LogP contribution >= 0.6 is 15.9 Å². The molecular weight excluding hydrogens is 330 g/mol. The van der Waals surface area contributed by atoms with Gasteiger partial charge in [0, 0.05) is 17.2 Å². The maximum Gasteiger partial charge on any atom is 0.243 e. The zero-order valence-corrected chi connectivity index (χ0v) is 13.6. The highest BCUT2D eigenvalue weighted by Gasteiger charge is 2.10. The van der Waals surface area contributed by atoms with Crippen LogP contribution in [0.25, 0.3) is 0 Å². The van der Waals surface area contributed by atoms with Crippen molar-refractivity contribution in [3.63, 3.8) is 0 Å². The fraction of sp³-hybridized carbons (Fsp3) is 0.188. The van der Waals surface area contributed by atoms with Crippen LogP contribution < -0.4 is 16.0 Å². The Morgan fingerprint density at radius 3 is 2.71 bits per heavy atom. The summed E-state index contributed by atoms with van der Waals surface area (Å²) in [5.41, 5.74) is 9.35. The summed E-state index contributed by atoms with van der Waals surface area (Å²) < 4.78 is 0.918. The Hall–Kier alpha value is -2.01. The van der Waals surface area contributed by atoms with E-state index in [0.717, 1.165) is 21.4 Å². The molecule has 3 N–H and O–H groups in total. The van der Waals surface area contributed by atoms with Gasteiger partial charge in [0.05, 0.1) is 17.9 Å². The third kappa shape index (κ3) is 4.23. The molecule has 0 radical (unpaired) electrons. The van der Waals surface area contributed by atoms with Crippen LogP contribution in [0.2, 0.25) is 0 Å². The molecule has 0 fully saturated rings. The molecule has 110 valence electrons. The van der Waals surface area contributed by atoms with Gasteiger partial charge in [0.15, 0.2) is 0 Å². The number of carbonyl (C=O) groups excluding carboxylic acids is 1. The number of hydrogen-bond acceptors (Lipinski definition) is 3. The summed E-state index contributed by atoms with van der Waals surface area (Å²) in [5, 5.41) is 2.88. The topological polar surface area (TPSA) is 58.4 Å². The van der Waals surface area contributed by atoms with E-state index in [1.807, 2.05) is 61.3 Å². The normalized spacial score (nSPS) is 10.2. The SMILES string of the molecule is Cc1cccc(NC(=O)CN(C)c2ccc(Br)cc2N)c1. The third-order valence-corrected chi connectivity index (χ3v) is 3.58. The molecule has 0 aromatic heterocycles. The van der Waals surface area contributed by atoms with Gasteiger partial charge in [0.1, 0.15) is 0 Å². The molecule has 0 saturated heterocycles. The van der Waals surface area contributed by atoms with Crippen LogP contribution in [0.3, 0.4) is 0 Å². The van der Waals surface area contributed by atoms with Crippen LogP contribution in [0.1, 0.15) is 5.56 Å². The van der Waals surface area contributed by atoms with E-state index in [-0.39, 0.29) is 12.5 Å². The van der Waals surface area contributed by atoms with Gasteiger partial charge in [-0.05, 0) is 42.8 Å². The summed E-state index contributed by atoms with van der Waals surface area (Å²) in [7, 11) is 1.84. The van der Waals surface area contributed by atoms with Crippen molar-refractivity contribution in [3.8, 4) is 0 Å². The third-order valence-electron chi connectivity index (χ3n) is 3.08. The van der Waals surface area contributed by atoms with Gasteiger partial charge >= 0.3 is 0 Å². The van der Waals surface area contributed by atoms with Gasteiger partial charge < -0.3 is 16.0 Å². The zero-order valence-electron chi connectivity index (χ0n) is 12.1. The van der Waals surface area contributed by atoms with Crippen molar-refractivity contribution >= 4 is 38.9 Å². The van der Waals surface area contributed by atoms with Crippen LogP contribution in [-0.4, -0.2) is 19.5 Å². The number of likely N-dealkylation sites (N-methyl/N-ethyl adjacent to an activating group) is 1. The quantitative estimate of drug-likeness (QED) is 0.833. The van der Waals surface area contributed by atoms with E-state index in [4.69, 9.17) is 5.73 Å². The lowest BCUT2D eigenvalue weighted by atomic mass is 10.2. The van der Waals surface area contributed by atoms with Crippen molar-refractivity contribution in [1.82, 2.24) is 0 Å². The molecule has 0 bridgehead atoms. The molecule has 2 aromatic carbocycles. The van der Waals surface area contributed by atoms with Crippen molar-refractivity contribution in [2.75, 3.05) is 29.5 Å². The first kappa shape index (κ1) is 15.4. The van der Waals surface area contributed by atoms with E-state index in [0.29, 0.717) is 5.69 Å². The average Bonchev–Trinajstić information content (AvgIpc) is 2.38. The lowest BCUT2D eigenvalue weighted by Crippen LogP contribution is -2.30. The Kier molecular flexibility index (Phi) is 4.85. The van der Waals surface area contributed by atoms with Gasteiger partial charge in [0.25, 0.3) is 0 Å². The number of aryl methyl sites for hydroxylation is 1. The van der Waals surface area contributed by atoms with Crippen molar-refractivity contribution in [3.05, 3.63) is 52.5 Å². The van der Waals surface area contributed by atoms with Crippen LogP contribution in [0.15, 0.2) is 46.9 Å². The molecule has 0 spiro atoms. The van der Waals surface area contributed by atoms with E-state index in [1.54, 1.807) is 0 Å². The first-order valence-corrected chi connectivity index (χ1v) is 7.37. The first-order valence-electron chi connectivity index (χ1n) is 6.58. The van der Waals surface area contributed by atoms with E-state index in [1.165, 1.54) is 0 Å². The lowest BCUT2D eigenvalue weighted by molar-refractivity contribution is -0.114. The highest BCUT2D eigenvalue weighted by molar-refractivity contribution is 9.10. The second-order valence-electron chi connectivity index (χ2n) is 4.98. The molecule has 21 heavy (non-hydrogen) atoms. The largest absolute Gasteiger partial charge is 0.397 e. The van der Waals surface area contributed by atoms with E-state index in [9.17, 15) is 4.79 Å². The average molecular weight is 348 g/mol. The molecule has 0 aliphatic carbocycles. The number of carbonyl (C=O) groups is 1. The van der Waals surface area contributed by atoms with Crippen molar-refractivity contribution in [1.29, 1.82) is 0 Å². The Morgan fingerprint density at radius 1 is 1.29 bits per heavy atom. The smallest absolute Gasteiger partial charge is 0.243 e. The Morgan fingerprint density at radius 2 is 2.05 bits per heavy atom. The van der Waals surface area contributed by atoms with Crippen LogP contribution in [0, 0.1) is 6.92 Å². The second-order valence-corrected chi connectivity index (χ2v) is 5.89. The summed E-state index contributed by atoms with van der Waals surface area (Å²) >= 11 is 3.37. The maximum atomic E-state index is 12.1. The van der Waals surface area contributed by atoms with Crippen molar-refractivity contribution < 1.29 is 4.79 Å². The summed E-state index contributed by atoms with van der Waals surface area (Å²) in [6, 6.07) is 13.3. The maximum absolute atomic E-state index is 12.1. The number of anilines is 3. The number of nitrogen functional groups attached to an aromatic ring is 1. The van der Waals surface area contributed by atoms with Gasteiger partial charge in [-0.1, -0.05) is 28.1 Å². The van der Waals surface area contributed by atoms with Gasteiger partial charge in [-0.3, -0.25) is 4.79 Å². The number of benzene rings is 2. The molecule has 0 unspecified atom stereocenters. The molecule has 0 saturated carbocycles. The van der Waals surface area contributed by atoms with E-state index < -0.39 is 0 Å². The molecular formula is C16H18BrN3O. The van der Waals surface area contributed by atoms with Crippen LogP contribution in [0.5, 0.6) is 0 Å². The van der Waals surface area contributed by atoms with Crippen LogP contribution in [-0.2, 0) is 4.79 Å². The van der Waals surface area contributed by atoms with Crippen molar-refractivity contribution in [2.45, 2.75) is 6.92 Å². The molecule has 0 aliphatic heterocycles. The minimum Gasteiger partial charge on any atom is -0.397 e. The monoisotopic (exact) mass is 347 g/mol. The zero-order chi connectivity index (χ0) is 15.4. The van der Waals surface area contributed by atoms with Gasteiger partial charge in [-0.15, -0.1) is 0 Å². The predicted molar refractivity (Wildman–Crippen MR) is 91.6 cm³/mol. The minimum atomic E-state index is -0.0783. The lowest BCUT2D eigenvalue weighted by Gasteiger charge is -2.20. The molecule has 0 atom stereocenters. The highest BCUT2D eigenvalue weighted by atomic mass is 79.9. The molecule has 1 amide bonds. The van der Waals surface area contributed by atoms with Gasteiger partial charge in [-0.2, -0.15) is 0 Å². The van der Waals surface area contributed by atoms with E-state index >= 15 is 0 Å². The number of nitrogens with one attached hydrogen (secondary N) is 1. The summed E-state index contributed by atoms with van der Waals surface area (Å²) in [6.07, 6.45) is 0. The van der Waals surface area contributed by atoms with E-state index in [2.05, 4.69) is 21.2 Å². The number of nitrogens with two attached hydrogens (primary N) is 1. The van der Waals surface area contributed by atoms with Crippen molar-refractivity contribution in [2.24, 2.45) is 0 Å². The van der Waals surface area contributed by atoms with Gasteiger partial charge in [0.2, 0.25) is 5.91 Å². The minimum absolute atomic E-state index is 0.0783. The summed E-state index contributed by atoms with van der Waals surface area (Å²) in [4.78, 5) is 13.9. The summed E-state index contributed by atoms with van der Waals surface area (Å²) in [5.74, 6) is -0.0783. The van der Waals surface area contributed by atoms with Gasteiger partial charge in [-0.25, -0.2) is 0 Å². The van der Waals surface area contributed by atoms with Crippen LogP contribution in [0.4, 0.5) is 17.1 Å². The summed E-state index contributed by atoms with van der Waals surface area (Å²) in [6.45, 7) is 2.23. The number of amides is 1. The number of rotatable bonds is 4. The molecule has 2 aromatic rings. The molecule has 2 rings (SSSR count). The number of nitrogens with zero attached hydrogens (tertiary/aromatic N) is 1. The Labute approximate surface area is 133 Å². The molecule has 0 heterocycles. The Bertz CT molecular complexity index is 658. The molecule has 0 aliphatic rings. The fourth-order valence-electron chi connectivity index (χ4n) is 2.10. The number of halogens is 1. The molecule has 4 nitrogen and oxygen atoms in total. The highest BCUT2D eigenvalue weighted by Crippen LogP contribution is 2.25.